The van der Waals surface area contributed by atoms with E-state index in [2.05, 4.69) is 22.9 Å². The van der Waals surface area contributed by atoms with Gasteiger partial charge in [0.1, 0.15) is 0 Å². The Balaban J connectivity index is 1.90. The Bertz CT molecular complexity index is 1360. The summed E-state index contributed by atoms with van der Waals surface area (Å²) in [4.78, 5) is 26.6. The van der Waals surface area contributed by atoms with E-state index in [0.717, 1.165) is 41.0 Å². The molecular weight excluding hydrogens is 542 g/mol. The van der Waals surface area contributed by atoms with E-state index in [1.165, 1.54) is 25.2 Å². The van der Waals surface area contributed by atoms with Crippen LogP contribution < -0.4 is 14.9 Å². The zero-order chi connectivity index (χ0) is 27.9. The van der Waals surface area contributed by atoms with Crippen LogP contribution in [0.15, 0.2) is 59.3 Å². The molecule has 0 fully saturated rings. The van der Waals surface area contributed by atoms with E-state index >= 15 is 0 Å². The van der Waals surface area contributed by atoms with Gasteiger partial charge in [-0.1, -0.05) is 43.5 Å². The van der Waals surface area contributed by atoms with Crippen molar-refractivity contribution in [1.82, 2.24) is 10.6 Å². The smallest absolute Gasteiger partial charge is 0.251 e. The van der Waals surface area contributed by atoms with Gasteiger partial charge in [0, 0.05) is 29.2 Å². The van der Waals surface area contributed by atoms with Crippen molar-refractivity contribution in [3.05, 3.63) is 86.6 Å². The second kappa shape index (κ2) is 13.3. The van der Waals surface area contributed by atoms with Crippen molar-refractivity contribution < 1.29 is 18.0 Å². The molecule has 0 spiro atoms. The van der Waals surface area contributed by atoms with Crippen LogP contribution >= 0.6 is 22.9 Å². The number of rotatable bonds is 12. The molecule has 7 nitrogen and oxygen atoms in total. The monoisotopic (exact) mass is 575 g/mol. The molecule has 2 atom stereocenters. The van der Waals surface area contributed by atoms with E-state index in [-0.39, 0.29) is 34.8 Å². The van der Waals surface area contributed by atoms with Gasteiger partial charge < -0.3 is 10.6 Å². The fourth-order valence-corrected chi connectivity index (χ4v) is 5.39. The minimum Gasteiger partial charge on any atom is -0.349 e. The van der Waals surface area contributed by atoms with E-state index < -0.39 is 15.9 Å². The number of hydrogen-bond acceptors (Lipinski definition) is 5. The van der Waals surface area contributed by atoms with Crippen LogP contribution in [0, 0.1) is 0 Å². The van der Waals surface area contributed by atoms with Crippen LogP contribution in [-0.4, -0.2) is 39.6 Å². The van der Waals surface area contributed by atoms with Crippen LogP contribution in [0.5, 0.6) is 0 Å². The van der Waals surface area contributed by atoms with E-state index in [4.69, 9.17) is 11.6 Å². The Morgan fingerprint density at radius 1 is 1.05 bits per heavy atom. The number of benzene rings is 2. The molecule has 2 amide bonds. The van der Waals surface area contributed by atoms with Crippen LogP contribution in [0.4, 0.5) is 5.69 Å². The number of carbonyl (C=O) groups is 2. The lowest BCUT2D eigenvalue weighted by Crippen LogP contribution is -2.37. The third-order valence-electron chi connectivity index (χ3n) is 6.30. The van der Waals surface area contributed by atoms with Crippen molar-refractivity contribution in [2.24, 2.45) is 0 Å². The lowest BCUT2D eigenvalue weighted by Gasteiger charge is -2.21. The standard InChI is InChI=1S/C28H34ClN3O4S2/c1-5-6-10-25(13-20-11-12-37-18-20)31-28(34)23-14-22(16-26(17-23)32(3)38(4,35)36)27(33)30-19(2)21-8-7-9-24(29)15-21/h7-9,11-12,14-19,25H,5-6,10,13H2,1-4H3,(H,30,33)(H,31,34)/t19-,25-/m1/s1. The van der Waals surface area contributed by atoms with Gasteiger partial charge in [-0.3, -0.25) is 13.9 Å². The van der Waals surface area contributed by atoms with Crippen molar-refractivity contribution in [2.45, 2.75) is 51.6 Å². The third-order valence-corrected chi connectivity index (χ3v) is 8.48. The summed E-state index contributed by atoms with van der Waals surface area (Å²) in [6.07, 6.45) is 4.54. The molecule has 0 bridgehead atoms. The second-order valence-electron chi connectivity index (χ2n) is 9.40. The molecule has 3 aromatic rings. The van der Waals surface area contributed by atoms with Gasteiger partial charge in [0.25, 0.3) is 11.8 Å². The third kappa shape index (κ3) is 8.31. The van der Waals surface area contributed by atoms with Crippen molar-refractivity contribution in [3.63, 3.8) is 0 Å². The molecule has 1 heterocycles. The molecule has 0 aliphatic carbocycles. The fourth-order valence-electron chi connectivity index (χ4n) is 4.02. The van der Waals surface area contributed by atoms with E-state index in [1.54, 1.807) is 29.5 Å². The number of anilines is 1. The molecule has 0 radical (unpaired) electrons. The van der Waals surface area contributed by atoms with Crippen LogP contribution in [0.2, 0.25) is 5.02 Å². The molecule has 0 aliphatic heterocycles. The zero-order valence-electron chi connectivity index (χ0n) is 22.0. The highest BCUT2D eigenvalue weighted by Crippen LogP contribution is 2.23. The van der Waals surface area contributed by atoms with E-state index in [9.17, 15) is 18.0 Å². The summed E-state index contributed by atoms with van der Waals surface area (Å²) in [7, 11) is -2.23. The predicted octanol–water partition coefficient (Wildman–Crippen LogP) is 5.82. The molecule has 204 valence electrons. The number of sulfonamides is 1. The molecule has 0 aliphatic rings. The number of amides is 2. The summed E-state index contributed by atoms with van der Waals surface area (Å²) in [5.41, 5.74) is 2.59. The molecule has 0 saturated heterocycles. The van der Waals surface area contributed by atoms with Gasteiger partial charge in [-0.15, -0.1) is 0 Å². The Hall–Kier alpha value is -2.88. The molecule has 38 heavy (non-hydrogen) atoms. The molecule has 1 aromatic heterocycles. The first kappa shape index (κ1) is 29.7. The van der Waals surface area contributed by atoms with Gasteiger partial charge in [-0.2, -0.15) is 11.3 Å². The predicted molar refractivity (Wildman–Crippen MR) is 156 cm³/mol. The quantitative estimate of drug-likeness (QED) is 0.284. The first-order chi connectivity index (χ1) is 18.0. The summed E-state index contributed by atoms with van der Waals surface area (Å²) in [6, 6.07) is 13.2. The van der Waals surface area contributed by atoms with Crippen LogP contribution in [-0.2, 0) is 16.4 Å². The summed E-state index contributed by atoms with van der Waals surface area (Å²) in [5, 5.41) is 10.6. The topological polar surface area (TPSA) is 95.6 Å². The van der Waals surface area contributed by atoms with Crippen LogP contribution in [0.1, 0.15) is 71.0 Å². The van der Waals surface area contributed by atoms with Gasteiger partial charge in [0.15, 0.2) is 0 Å². The lowest BCUT2D eigenvalue weighted by atomic mass is 10.0. The highest BCUT2D eigenvalue weighted by Gasteiger charge is 2.21. The maximum Gasteiger partial charge on any atom is 0.251 e. The summed E-state index contributed by atoms with van der Waals surface area (Å²) in [6.45, 7) is 3.93. The number of hydrogen-bond donors (Lipinski definition) is 2. The largest absolute Gasteiger partial charge is 0.349 e. The van der Waals surface area contributed by atoms with Crippen LogP contribution in [0.3, 0.4) is 0 Å². The number of carbonyl (C=O) groups excluding carboxylic acids is 2. The Labute approximate surface area is 234 Å². The maximum atomic E-state index is 13.4. The molecule has 0 unspecified atom stereocenters. The zero-order valence-corrected chi connectivity index (χ0v) is 24.4. The number of nitrogens with zero attached hydrogens (tertiary/aromatic N) is 1. The average molecular weight is 576 g/mol. The molecular formula is C28H34ClN3O4S2. The van der Waals surface area contributed by atoms with Crippen molar-refractivity contribution in [1.29, 1.82) is 0 Å². The first-order valence-electron chi connectivity index (χ1n) is 12.4. The van der Waals surface area contributed by atoms with Gasteiger partial charge in [0.05, 0.1) is 18.0 Å². The summed E-state index contributed by atoms with van der Waals surface area (Å²) < 4.78 is 25.6. The minimum absolute atomic E-state index is 0.0894. The number of halogens is 1. The first-order valence-corrected chi connectivity index (χ1v) is 15.6. The molecule has 2 N–H and O–H groups in total. The van der Waals surface area contributed by atoms with Crippen molar-refractivity contribution >= 4 is 50.5 Å². The highest BCUT2D eigenvalue weighted by molar-refractivity contribution is 7.92. The summed E-state index contributed by atoms with van der Waals surface area (Å²) >= 11 is 7.71. The second-order valence-corrected chi connectivity index (χ2v) is 12.6. The van der Waals surface area contributed by atoms with Crippen molar-refractivity contribution in [3.8, 4) is 0 Å². The normalized spacial score (nSPS) is 13.0. The van der Waals surface area contributed by atoms with Gasteiger partial charge in [-0.05, 0) is 78.1 Å². The number of unbranched alkanes of at least 4 members (excludes halogenated alkanes) is 1. The van der Waals surface area contributed by atoms with Gasteiger partial charge in [0.2, 0.25) is 10.0 Å². The number of thiophene rings is 1. The maximum absolute atomic E-state index is 13.4. The number of nitrogens with one attached hydrogen (secondary N) is 2. The average Bonchev–Trinajstić information content (AvgIpc) is 3.39. The summed E-state index contributed by atoms with van der Waals surface area (Å²) in [5.74, 6) is -0.793. The van der Waals surface area contributed by atoms with Gasteiger partial charge >= 0.3 is 0 Å². The Morgan fingerprint density at radius 2 is 1.74 bits per heavy atom. The van der Waals surface area contributed by atoms with Gasteiger partial charge in [-0.25, -0.2) is 8.42 Å². The van der Waals surface area contributed by atoms with Crippen LogP contribution in [0.25, 0.3) is 0 Å². The molecule has 10 heteroatoms. The highest BCUT2D eigenvalue weighted by atomic mass is 35.5. The Kier molecular flexibility index (Phi) is 10.4. The van der Waals surface area contributed by atoms with Crippen molar-refractivity contribution in [2.75, 3.05) is 17.6 Å². The van der Waals surface area contributed by atoms with E-state index in [0.29, 0.717) is 11.4 Å². The Morgan fingerprint density at radius 3 is 2.32 bits per heavy atom. The fraction of sp³-hybridized carbons (Fsp3) is 0.357. The molecule has 2 aromatic carbocycles. The SMILES string of the molecule is CCCC[C@H](Cc1ccsc1)NC(=O)c1cc(C(=O)N[C@H](C)c2cccc(Cl)c2)cc(N(C)S(C)(=O)=O)c1. The minimum atomic E-state index is -3.62. The lowest BCUT2D eigenvalue weighted by molar-refractivity contribution is 0.0934. The molecule has 3 rings (SSSR count). The van der Waals surface area contributed by atoms with E-state index in [1.807, 2.05) is 24.4 Å². The molecule has 0 saturated carbocycles.